The Morgan fingerprint density at radius 2 is 1.86 bits per heavy atom. The van der Waals surface area contributed by atoms with Gasteiger partial charge in [-0.15, -0.1) is 0 Å². The van der Waals surface area contributed by atoms with Crippen LogP contribution in [0.5, 0.6) is 5.88 Å². The fourth-order valence-electron chi connectivity index (χ4n) is 3.53. The largest absolute Gasteiger partial charge is 0.490 e. The molecular formula is C22H19F3N6O4. The maximum absolute atomic E-state index is 13.2. The number of ether oxygens (including phenoxy) is 1. The Kier molecular flexibility index (Phi) is 6.66. The molecule has 1 unspecified atom stereocenters. The lowest BCUT2D eigenvalue weighted by molar-refractivity contribution is -0.192. The minimum atomic E-state index is -5.08. The number of fused-ring (bicyclic) bond motifs is 2. The highest BCUT2D eigenvalue weighted by Gasteiger charge is 2.38. The fraction of sp³-hybridized carbons (Fsp3) is 0.227. The summed E-state index contributed by atoms with van der Waals surface area (Å²) in [6.07, 6.45) is 1.84. The van der Waals surface area contributed by atoms with E-state index in [9.17, 15) is 18.0 Å². The molecule has 10 nitrogen and oxygen atoms in total. The highest BCUT2D eigenvalue weighted by molar-refractivity contribution is 5.93. The lowest BCUT2D eigenvalue weighted by Gasteiger charge is -2.33. The molecule has 0 fully saturated rings. The first-order valence-corrected chi connectivity index (χ1v) is 10.3. The third-order valence-corrected chi connectivity index (χ3v) is 5.11. The Morgan fingerprint density at radius 3 is 2.57 bits per heavy atom. The Labute approximate surface area is 196 Å². The van der Waals surface area contributed by atoms with Crippen molar-refractivity contribution < 1.29 is 32.6 Å². The highest BCUT2D eigenvalue weighted by Crippen LogP contribution is 2.23. The van der Waals surface area contributed by atoms with Gasteiger partial charge in [0, 0.05) is 31.2 Å². The van der Waals surface area contributed by atoms with Gasteiger partial charge in [0.05, 0.1) is 18.4 Å². The molecular weight excluding hydrogens is 469 g/mol. The second-order valence-corrected chi connectivity index (χ2v) is 7.46. The molecule has 0 aromatic carbocycles. The van der Waals surface area contributed by atoms with Crippen molar-refractivity contribution in [1.82, 2.24) is 29.0 Å². The average Bonchev–Trinajstić information content (AvgIpc) is 3.49. The van der Waals surface area contributed by atoms with E-state index >= 15 is 0 Å². The molecule has 0 bridgehead atoms. The molecule has 5 heterocycles. The molecule has 1 atom stereocenters. The van der Waals surface area contributed by atoms with Gasteiger partial charge < -0.3 is 14.7 Å². The van der Waals surface area contributed by atoms with Crippen LogP contribution in [0.1, 0.15) is 22.2 Å². The summed E-state index contributed by atoms with van der Waals surface area (Å²) in [5.41, 5.74) is 2.28. The quantitative estimate of drug-likeness (QED) is 0.470. The van der Waals surface area contributed by atoms with E-state index in [1.165, 1.54) is 0 Å². The van der Waals surface area contributed by atoms with Crippen molar-refractivity contribution in [2.24, 2.45) is 0 Å². The van der Waals surface area contributed by atoms with Gasteiger partial charge in [0.2, 0.25) is 5.88 Å². The zero-order valence-electron chi connectivity index (χ0n) is 18.0. The first kappa shape index (κ1) is 23.7. The van der Waals surface area contributed by atoms with Crippen molar-refractivity contribution >= 4 is 17.5 Å². The lowest BCUT2D eigenvalue weighted by Crippen LogP contribution is -2.43. The van der Waals surface area contributed by atoms with Gasteiger partial charge in [0.15, 0.2) is 0 Å². The van der Waals surface area contributed by atoms with Crippen molar-refractivity contribution in [3.8, 4) is 5.88 Å². The van der Waals surface area contributed by atoms with Crippen LogP contribution < -0.4 is 4.74 Å². The number of aliphatic carboxylic acids is 1. The van der Waals surface area contributed by atoms with Crippen LogP contribution in [0.3, 0.4) is 0 Å². The maximum Gasteiger partial charge on any atom is 0.490 e. The third-order valence-electron chi connectivity index (χ3n) is 5.11. The summed E-state index contributed by atoms with van der Waals surface area (Å²) in [5, 5.41) is 11.5. The molecule has 0 saturated heterocycles. The van der Waals surface area contributed by atoms with Crippen LogP contribution in [0.4, 0.5) is 13.2 Å². The van der Waals surface area contributed by atoms with Gasteiger partial charge in [-0.3, -0.25) is 13.9 Å². The van der Waals surface area contributed by atoms with Crippen LogP contribution in [0.2, 0.25) is 0 Å². The molecule has 182 valence electrons. The number of alkyl halides is 3. The number of hydrogen-bond acceptors (Lipinski definition) is 6. The lowest BCUT2D eigenvalue weighted by atomic mass is 10.2. The molecule has 13 heteroatoms. The number of amides is 1. The van der Waals surface area contributed by atoms with E-state index in [-0.39, 0.29) is 11.9 Å². The SMILES string of the molecule is O=C(O)C(F)(F)F.O=C(c1cnc2ccccn12)N1Cc2ccnn2C(COc2ccccn2)C1. The zero-order valence-corrected chi connectivity index (χ0v) is 18.0. The second kappa shape index (κ2) is 9.83. The number of halogens is 3. The van der Waals surface area contributed by atoms with Gasteiger partial charge in [0.1, 0.15) is 24.0 Å². The summed E-state index contributed by atoms with van der Waals surface area (Å²) in [7, 11) is 0. The normalized spacial score (nSPS) is 15.2. The van der Waals surface area contributed by atoms with Gasteiger partial charge in [-0.25, -0.2) is 14.8 Å². The van der Waals surface area contributed by atoms with Gasteiger partial charge in [-0.1, -0.05) is 12.1 Å². The monoisotopic (exact) mass is 488 g/mol. The van der Waals surface area contributed by atoms with Crippen molar-refractivity contribution in [3.63, 3.8) is 0 Å². The fourth-order valence-corrected chi connectivity index (χ4v) is 3.53. The summed E-state index contributed by atoms with van der Waals surface area (Å²) in [6.45, 7) is 1.38. The molecule has 1 amide bonds. The summed E-state index contributed by atoms with van der Waals surface area (Å²) in [4.78, 5) is 32.4. The summed E-state index contributed by atoms with van der Waals surface area (Å²) < 4.78 is 41.3. The molecule has 35 heavy (non-hydrogen) atoms. The molecule has 0 radical (unpaired) electrons. The van der Waals surface area contributed by atoms with Crippen LogP contribution >= 0.6 is 0 Å². The molecule has 4 aromatic heterocycles. The predicted molar refractivity (Wildman–Crippen MR) is 115 cm³/mol. The van der Waals surface area contributed by atoms with Crippen molar-refractivity contribution in [2.45, 2.75) is 18.8 Å². The Hall–Kier alpha value is -4.42. The van der Waals surface area contributed by atoms with E-state index in [2.05, 4.69) is 15.1 Å². The topological polar surface area (TPSA) is 115 Å². The maximum atomic E-state index is 13.2. The molecule has 4 aromatic rings. The van der Waals surface area contributed by atoms with Gasteiger partial charge in [-0.05, 0) is 24.3 Å². The van der Waals surface area contributed by atoms with E-state index in [0.29, 0.717) is 31.3 Å². The number of rotatable bonds is 4. The standard InChI is InChI=1S/C20H18N6O2.C2HF3O2/c27-20(17-11-22-18-5-2-4-10-25(17)18)24-12-15-7-9-23-26(15)16(13-24)14-28-19-6-1-3-8-21-19;3-2(4,5)1(6)7/h1-11,16H,12-14H2;(H,6,7). The number of imidazole rings is 1. The van der Waals surface area contributed by atoms with E-state index in [4.69, 9.17) is 14.6 Å². The van der Waals surface area contributed by atoms with Crippen LogP contribution in [0.15, 0.2) is 67.3 Å². The predicted octanol–water partition coefficient (Wildman–Crippen LogP) is 2.84. The number of carbonyl (C=O) groups excluding carboxylic acids is 1. The van der Waals surface area contributed by atoms with Crippen molar-refractivity contribution in [2.75, 3.05) is 13.2 Å². The number of carboxylic acids is 1. The zero-order chi connectivity index (χ0) is 25.0. The Bertz CT molecular complexity index is 1320. The van der Waals surface area contributed by atoms with E-state index < -0.39 is 12.1 Å². The Balaban J connectivity index is 0.000000364. The van der Waals surface area contributed by atoms with Gasteiger partial charge >= 0.3 is 12.1 Å². The molecule has 0 saturated carbocycles. The minimum absolute atomic E-state index is 0.0611. The van der Waals surface area contributed by atoms with Crippen molar-refractivity contribution in [1.29, 1.82) is 0 Å². The second-order valence-electron chi connectivity index (χ2n) is 7.46. The third kappa shape index (κ3) is 5.39. The smallest absolute Gasteiger partial charge is 0.475 e. The number of carboxylic acid groups (broad SMARTS) is 1. The summed E-state index contributed by atoms with van der Waals surface area (Å²) >= 11 is 0. The molecule has 0 spiro atoms. The summed E-state index contributed by atoms with van der Waals surface area (Å²) in [5.74, 6) is -2.26. The molecule has 1 aliphatic heterocycles. The minimum Gasteiger partial charge on any atom is -0.475 e. The van der Waals surface area contributed by atoms with Gasteiger partial charge in [0.25, 0.3) is 5.91 Å². The van der Waals surface area contributed by atoms with E-state index in [0.717, 1.165) is 11.3 Å². The molecule has 0 aliphatic carbocycles. The number of aromatic nitrogens is 5. The number of nitrogens with zero attached hydrogens (tertiary/aromatic N) is 6. The number of hydrogen-bond donors (Lipinski definition) is 1. The van der Waals surface area contributed by atoms with Crippen LogP contribution in [-0.4, -0.2) is 65.4 Å². The number of carbonyl (C=O) groups is 2. The van der Waals surface area contributed by atoms with Crippen LogP contribution in [-0.2, 0) is 11.3 Å². The van der Waals surface area contributed by atoms with Crippen molar-refractivity contribution in [3.05, 3.63) is 78.6 Å². The first-order chi connectivity index (χ1) is 16.7. The van der Waals surface area contributed by atoms with Gasteiger partial charge in [-0.2, -0.15) is 18.3 Å². The molecule has 5 rings (SSSR count). The number of pyridine rings is 2. The average molecular weight is 488 g/mol. The van der Waals surface area contributed by atoms with E-state index in [1.807, 2.05) is 62.6 Å². The molecule has 1 aliphatic rings. The Morgan fingerprint density at radius 1 is 1.09 bits per heavy atom. The van der Waals surface area contributed by atoms with Crippen LogP contribution in [0, 0.1) is 0 Å². The first-order valence-electron chi connectivity index (χ1n) is 10.3. The van der Waals surface area contributed by atoms with E-state index in [1.54, 1.807) is 18.6 Å². The highest BCUT2D eigenvalue weighted by atomic mass is 19.4. The molecule has 1 N–H and O–H groups in total. The summed E-state index contributed by atoms with van der Waals surface area (Å²) in [6, 6.07) is 13.0. The van der Waals surface area contributed by atoms with Crippen LogP contribution in [0.25, 0.3) is 5.65 Å².